The molecular weight excluding hydrogens is 273 g/mol. The minimum atomic E-state index is -0.761. The van der Waals surface area contributed by atoms with Gasteiger partial charge in [0.15, 0.2) is 0 Å². The van der Waals surface area contributed by atoms with Gasteiger partial charge >= 0.3 is 6.03 Å². The van der Waals surface area contributed by atoms with E-state index in [9.17, 15) is 14.0 Å². The predicted octanol–water partition coefficient (Wildman–Crippen LogP) is 2.06. The van der Waals surface area contributed by atoms with Crippen molar-refractivity contribution in [2.75, 3.05) is 0 Å². The second kappa shape index (κ2) is 4.85. The summed E-state index contributed by atoms with van der Waals surface area (Å²) in [5, 5.41) is 11.6. The van der Waals surface area contributed by atoms with Gasteiger partial charge in [0.25, 0.3) is 5.91 Å². The van der Waals surface area contributed by atoms with Gasteiger partial charge in [0, 0.05) is 0 Å². The average Bonchev–Trinajstić information content (AvgIpc) is 3.00. The monoisotopic (exact) mass is 287 g/mol. The van der Waals surface area contributed by atoms with Crippen LogP contribution in [0.5, 0.6) is 0 Å². The summed E-state index contributed by atoms with van der Waals surface area (Å²) in [5.74, 6) is -0.792. The van der Waals surface area contributed by atoms with Crippen molar-refractivity contribution in [2.45, 2.75) is 37.8 Å². The molecule has 3 rings (SSSR count). The van der Waals surface area contributed by atoms with Crippen LogP contribution in [0.2, 0.25) is 0 Å². The van der Waals surface area contributed by atoms with Gasteiger partial charge in [-0.1, -0.05) is 12.8 Å². The largest absolute Gasteiger partial charge is 0.325 e. The maximum Gasteiger partial charge on any atom is 0.325 e. The summed E-state index contributed by atoms with van der Waals surface area (Å²) in [5.41, 5.74) is -0.152. The summed E-state index contributed by atoms with van der Waals surface area (Å²) >= 11 is 0. The standard InChI is InChI=1S/C15H14FN3O2/c16-12-6-10(8-17)5-11(7-12)9-19-13(20)15(18-14(19)21)3-1-2-4-15/h5-7H,1-4,9H2,(H,18,21). The highest BCUT2D eigenvalue weighted by Gasteiger charge is 2.52. The van der Waals surface area contributed by atoms with Crippen molar-refractivity contribution >= 4 is 11.9 Å². The number of rotatable bonds is 2. The third-order valence-electron chi connectivity index (χ3n) is 4.13. The van der Waals surface area contributed by atoms with E-state index in [0.717, 1.165) is 23.8 Å². The Hall–Kier alpha value is -2.42. The van der Waals surface area contributed by atoms with E-state index in [0.29, 0.717) is 18.4 Å². The molecule has 1 aromatic rings. The number of amides is 3. The number of urea groups is 1. The number of carbonyl (C=O) groups excluding carboxylic acids is 2. The van der Waals surface area contributed by atoms with Crippen LogP contribution in [0.4, 0.5) is 9.18 Å². The first-order valence-electron chi connectivity index (χ1n) is 6.88. The van der Waals surface area contributed by atoms with Crippen LogP contribution >= 0.6 is 0 Å². The van der Waals surface area contributed by atoms with Crippen molar-refractivity contribution in [1.29, 1.82) is 5.26 Å². The third-order valence-corrected chi connectivity index (χ3v) is 4.13. The topological polar surface area (TPSA) is 73.2 Å². The molecule has 2 aliphatic rings. The number of nitrogens with one attached hydrogen (secondary N) is 1. The van der Waals surface area contributed by atoms with Gasteiger partial charge in [0.05, 0.1) is 18.2 Å². The second-order valence-electron chi connectivity index (χ2n) is 5.57. The zero-order valence-electron chi connectivity index (χ0n) is 11.4. The van der Waals surface area contributed by atoms with E-state index in [1.165, 1.54) is 12.1 Å². The summed E-state index contributed by atoms with van der Waals surface area (Å²) in [4.78, 5) is 25.6. The highest BCUT2D eigenvalue weighted by molar-refractivity contribution is 6.07. The first kappa shape index (κ1) is 13.6. The zero-order chi connectivity index (χ0) is 15.0. The van der Waals surface area contributed by atoms with Crippen molar-refractivity contribution in [3.05, 3.63) is 35.1 Å². The fourth-order valence-electron chi connectivity index (χ4n) is 3.13. The molecule has 0 radical (unpaired) electrons. The molecule has 2 fully saturated rings. The number of halogens is 1. The number of hydrogen-bond donors (Lipinski definition) is 1. The third kappa shape index (κ3) is 2.25. The Balaban J connectivity index is 1.85. The van der Waals surface area contributed by atoms with Crippen LogP contribution in [-0.4, -0.2) is 22.4 Å². The number of hydrogen-bond acceptors (Lipinski definition) is 3. The molecule has 0 aromatic heterocycles. The Kier molecular flexibility index (Phi) is 3.13. The van der Waals surface area contributed by atoms with Crippen LogP contribution in [0.15, 0.2) is 18.2 Å². The Morgan fingerprint density at radius 2 is 2.00 bits per heavy atom. The molecule has 1 saturated heterocycles. The van der Waals surface area contributed by atoms with Gasteiger partial charge in [-0.3, -0.25) is 9.69 Å². The Bertz CT molecular complexity index is 659. The van der Waals surface area contributed by atoms with E-state index in [-0.39, 0.29) is 18.0 Å². The molecule has 0 unspecified atom stereocenters. The van der Waals surface area contributed by atoms with Gasteiger partial charge in [-0.05, 0) is 36.6 Å². The number of nitrogens with zero attached hydrogens (tertiary/aromatic N) is 2. The van der Waals surface area contributed by atoms with Gasteiger partial charge in [-0.15, -0.1) is 0 Å². The molecule has 6 heteroatoms. The quantitative estimate of drug-likeness (QED) is 0.846. The molecule has 1 aromatic carbocycles. The molecule has 3 amide bonds. The molecule has 1 heterocycles. The molecule has 1 aliphatic heterocycles. The van der Waals surface area contributed by atoms with Crippen molar-refractivity contribution in [1.82, 2.24) is 10.2 Å². The van der Waals surface area contributed by atoms with Crippen LogP contribution in [0.3, 0.4) is 0 Å². The van der Waals surface area contributed by atoms with Crippen molar-refractivity contribution < 1.29 is 14.0 Å². The van der Waals surface area contributed by atoms with Crippen LogP contribution < -0.4 is 5.32 Å². The molecule has 1 saturated carbocycles. The number of imide groups is 1. The smallest absolute Gasteiger partial charge is 0.323 e. The maximum absolute atomic E-state index is 13.4. The Labute approximate surface area is 121 Å². The van der Waals surface area contributed by atoms with E-state index in [4.69, 9.17) is 5.26 Å². The highest BCUT2D eigenvalue weighted by atomic mass is 19.1. The van der Waals surface area contributed by atoms with E-state index in [1.807, 2.05) is 6.07 Å². The predicted molar refractivity (Wildman–Crippen MR) is 71.4 cm³/mol. The number of nitriles is 1. The minimum absolute atomic E-state index is 0.0150. The van der Waals surface area contributed by atoms with Crippen LogP contribution in [-0.2, 0) is 11.3 Å². The lowest BCUT2D eigenvalue weighted by molar-refractivity contribution is -0.131. The molecule has 1 N–H and O–H groups in total. The summed E-state index contributed by atoms with van der Waals surface area (Å²) < 4.78 is 13.4. The average molecular weight is 287 g/mol. The van der Waals surface area contributed by atoms with E-state index in [2.05, 4.69) is 5.32 Å². The Morgan fingerprint density at radius 3 is 2.67 bits per heavy atom. The van der Waals surface area contributed by atoms with Crippen LogP contribution in [0, 0.1) is 17.1 Å². The van der Waals surface area contributed by atoms with Gasteiger partial charge < -0.3 is 5.32 Å². The summed E-state index contributed by atoms with van der Waals surface area (Å²) in [6.45, 7) is -0.0150. The van der Waals surface area contributed by atoms with Crippen LogP contribution in [0.1, 0.15) is 36.8 Å². The number of carbonyl (C=O) groups is 2. The molecular formula is C15H14FN3O2. The van der Waals surface area contributed by atoms with Gasteiger partial charge in [0.2, 0.25) is 0 Å². The first-order chi connectivity index (χ1) is 10.0. The van der Waals surface area contributed by atoms with Gasteiger partial charge in [-0.2, -0.15) is 5.26 Å². The van der Waals surface area contributed by atoms with Crippen LogP contribution in [0.25, 0.3) is 0 Å². The summed E-state index contributed by atoms with van der Waals surface area (Å²) in [6, 6.07) is 5.27. The Morgan fingerprint density at radius 1 is 1.29 bits per heavy atom. The molecule has 5 nitrogen and oxygen atoms in total. The first-order valence-corrected chi connectivity index (χ1v) is 6.88. The summed E-state index contributed by atoms with van der Waals surface area (Å²) in [6.07, 6.45) is 3.14. The lowest BCUT2D eigenvalue weighted by Crippen LogP contribution is -2.44. The van der Waals surface area contributed by atoms with Gasteiger partial charge in [0.1, 0.15) is 11.4 Å². The van der Waals surface area contributed by atoms with E-state index in [1.54, 1.807) is 0 Å². The van der Waals surface area contributed by atoms with E-state index < -0.39 is 17.4 Å². The number of benzene rings is 1. The molecule has 108 valence electrons. The SMILES string of the molecule is N#Cc1cc(F)cc(CN2C(=O)NC3(CCCC3)C2=O)c1. The molecule has 1 aliphatic carbocycles. The molecule has 1 spiro atoms. The lowest BCUT2D eigenvalue weighted by atomic mass is 9.98. The van der Waals surface area contributed by atoms with E-state index >= 15 is 0 Å². The van der Waals surface area contributed by atoms with Crippen molar-refractivity contribution in [3.8, 4) is 6.07 Å². The maximum atomic E-state index is 13.4. The summed E-state index contributed by atoms with van der Waals surface area (Å²) in [7, 11) is 0. The lowest BCUT2D eigenvalue weighted by Gasteiger charge is -2.20. The highest BCUT2D eigenvalue weighted by Crippen LogP contribution is 2.35. The van der Waals surface area contributed by atoms with Crippen molar-refractivity contribution in [2.24, 2.45) is 0 Å². The minimum Gasteiger partial charge on any atom is -0.323 e. The molecule has 21 heavy (non-hydrogen) atoms. The fraction of sp³-hybridized carbons (Fsp3) is 0.400. The molecule has 0 bridgehead atoms. The fourth-order valence-corrected chi connectivity index (χ4v) is 3.13. The normalized spacial score (nSPS) is 19.9. The zero-order valence-corrected chi connectivity index (χ0v) is 11.4. The van der Waals surface area contributed by atoms with Crippen molar-refractivity contribution in [3.63, 3.8) is 0 Å². The molecule has 0 atom stereocenters. The second-order valence-corrected chi connectivity index (χ2v) is 5.57. The van der Waals surface area contributed by atoms with Gasteiger partial charge in [-0.25, -0.2) is 9.18 Å².